The molecule has 2 rings (SSSR count). The molecular weight excluding hydrogens is 226 g/mol. The standard InChI is InChI=1S/C14H27N3O/c1-17-11-3-2-4-13(17)7-9-15-10-8-14(18)16-12-5-6-12/h12-13,15H,2-11H2,1H3,(H,16,18). The summed E-state index contributed by atoms with van der Waals surface area (Å²) >= 11 is 0. The van der Waals surface area contributed by atoms with Crippen LogP contribution in [0.1, 0.15) is 44.9 Å². The molecule has 0 spiro atoms. The van der Waals surface area contributed by atoms with Crippen molar-refractivity contribution in [2.24, 2.45) is 0 Å². The monoisotopic (exact) mass is 253 g/mol. The van der Waals surface area contributed by atoms with Crippen LogP contribution in [-0.2, 0) is 4.79 Å². The highest BCUT2D eigenvalue weighted by atomic mass is 16.1. The number of nitrogens with one attached hydrogen (secondary N) is 2. The molecule has 1 saturated heterocycles. The molecule has 2 fully saturated rings. The normalized spacial score (nSPS) is 25.1. The van der Waals surface area contributed by atoms with Crippen LogP contribution in [0.25, 0.3) is 0 Å². The molecule has 1 heterocycles. The zero-order valence-corrected chi connectivity index (χ0v) is 11.6. The molecule has 2 aliphatic rings. The molecule has 1 atom stereocenters. The first-order valence-electron chi connectivity index (χ1n) is 7.46. The Hall–Kier alpha value is -0.610. The summed E-state index contributed by atoms with van der Waals surface area (Å²) < 4.78 is 0. The fraction of sp³-hybridized carbons (Fsp3) is 0.929. The van der Waals surface area contributed by atoms with Crippen molar-refractivity contribution in [2.45, 2.75) is 57.0 Å². The summed E-state index contributed by atoms with van der Waals surface area (Å²) in [4.78, 5) is 13.9. The lowest BCUT2D eigenvalue weighted by atomic mass is 10.0. The summed E-state index contributed by atoms with van der Waals surface area (Å²) in [6.07, 6.45) is 8.24. The fourth-order valence-electron chi connectivity index (χ4n) is 2.63. The maximum atomic E-state index is 11.5. The van der Waals surface area contributed by atoms with Crippen LogP contribution in [0.3, 0.4) is 0 Å². The summed E-state index contributed by atoms with van der Waals surface area (Å²) in [6.45, 7) is 3.09. The highest BCUT2D eigenvalue weighted by molar-refractivity contribution is 5.76. The summed E-state index contributed by atoms with van der Waals surface area (Å²) in [5.41, 5.74) is 0. The lowest BCUT2D eigenvalue weighted by Crippen LogP contribution is -2.38. The van der Waals surface area contributed by atoms with E-state index in [0.717, 1.165) is 19.1 Å². The molecule has 0 aromatic heterocycles. The molecule has 4 nitrogen and oxygen atoms in total. The Morgan fingerprint density at radius 2 is 2.06 bits per heavy atom. The van der Waals surface area contributed by atoms with E-state index in [1.165, 1.54) is 45.1 Å². The topological polar surface area (TPSA) is 44.4 Å². The number of nitrogens with zero attached hydrogens (tertiary/aromatic N) is 1. The number of carbonyl (C=O) groups excluding carboxylic acids is 1. The van der Waals surface area contributed by atoms with Crippen molar-refractivity contribution in [1.29, 1.82) is 0 Å². The van der Waals surface area contributed by atoms with Gasteiger partial charge in [-0.3, -0.25) is 4.79 Å². The molecule has 1 saturated carbocycles. The van der Waals surface area contributed by atoms with E-state index >= 15 is 0 Å². The van der Waals surface area contributed by atoms with Gasteiger partial charge < -0.3 is 15.5 Å². The van der Waals surface area contributed by atoms with E-state index in [1.807, 2.05) is 0 Å². The number of carbonyl (C=O) groups is 1. The molecule has 104 valence electrons. The van der Waals surface area contributed by atoms with E-state index in [1.54, 1.807) is 0 Å². The van der Waals surface area contributed by atoms with Gasteiger partial charge in [-0.2, -0.15) is 0 Å². The maximum Gasteiger partial charge on any atom is 0.221 e. The van der Waals surface area contributed by atoms with Gasteiger partial charge in [0.25, 0.3) is 0 Å². The van der Waals surface area contributed by atoms with Gasteiger partial charge in [0.15, 0.2) is 0 Å². The average Bonchev–Trinajstić information content (AvgIpc) is 3.15. The molecule has 1 unspecified atom stereocenters. The quantitative estimate of drug-likeness (QED) is 0.668. The van der Waals surface area contributed by atoms with E-state index in [-0.39, 0.29) is 5.91 Å². The first kappa shape index (κ1) is 13.8. The van der Waals surface area contributed by atoms with E-state index in [4.69, 9.17) is 0 Å². The van der Waals surface area contributed by atoms with Crippen molar-refractivity contribution in [3.05, 3.63) is 0 Å². The van der Waals surface area contributed by atoms with Crippen molar-refractivity contribution < 1.29 is 4.79 Å². The predicted octanol–water partition coefficient (Wildman–Crippen LogP) is 1.12. The highest BCUT2D eigenvalue weighted by Gasteiger charge is 2.22. The van der Waals surface area contributed by atoms with Crippen molar-refractivity contribution >= 4 is 5.91 Å². The third-order valence-corrected chi connectivity index (χ3v) is 4.05. The van der Waals surface area contributed by atoms with Crippen molar-refractivity contribution in [2.75, 3.05) is 26.7 Å². The predicted molar refractivity (Wildman–Crippen MR) is 73.5 cm³/mol. The molecule has 0 bridgehead atoms. The van der Waals surface area contributed by atoms with Crippen molar-refractivity contribution in [3.63, 3.8) is 0 Å². The minimum Gasteiger partial charge on any atom is -0.353 e. The summed E-state index contributed by atoms with van der Waals surface area (Å²) in [6, 6.07) is 1.24. The van der Waals surface area contributed by atoms with Gasteiger partial charge >= 0.3 is 0 Å². The maximum absolute atomic E-state index is 11.5. The minimum atomic E-state index is 0.208. The van der Waals surface area contributed by atoms with E-state index in [0.29, 0.717) is 12.5 Å². The number of piperidine rings is 1. The molecule has 1 aliphatic heterocycles. The smallest absolute Gasteiger partial charge is 0.221 e. The first-order valence-corrected chi connectivity index (χ1v) is 7.46. The Balaban J connectivity index is 1.46. The number of amides is 1. The van der Waals surface area contributed by atoms with Gasteiger partial charge in [-0.15, -0.1) is 0 Å². The highest BCUT2D eigenvalue weighted by Crippen LogP contribution is 2.18. The van der Waals surface area contributed by atoms with Crippen LogP contribution in [0.5, 0.6) is 0 Å². The molecule has 0 aromatic carbocycles. The fourth-order valence-corrected chi connectivity index (χ4v) is 2.63. The van der Waals surface area contributed by atoms with Gasteiger partial charge in [0.05, 0.1) is 0 Å². The second-order valence-electron chi connectivity index (χ2n) is 5.76. The average molecular weight is 253 g/mol. The first-order chi connectivity index (χ1) is 8.75. The summed E-state index contributed by atoms with van der Waals surface area (Å²) in [5.74, 6) is 0.208. The second kappa shape index (κ2) is 7.10. The van der Waals surface area contributed by atoms with Gasteiger partial charge in [0.1, 0.15) is 0 Å². The summed E-state index contributed by atoms with van der Waals surface area (Å²) in [5, 5.41) is 6.40. The summed E-state index contributed by atoms with van der Waals surface area (Å²) in [7, 11) is 2.23. The molecule has 1 amide bonds. The van der Waals surface area contributed by atoms with Gasteiger partial charge in [-0.25, -0.2) is 0 Å². The number of hydrogen-bond acceptors (Lipinski definition) is 3. The van der Waals surface area contributed by atoms with Crippen LogP contribution >= 0.6 is 0 Å². The second-order valence-corrected chi connectivity index (χ2v) is 5.76. The lowest BCUT2D eigenvalue weighted by molar-refractivity contribution is -0.121. The Labute approximate surface area is 110 Å². The molecule has 1 aliphatic carbocycles. The minimum absolute atomic E-state index is 0.208. The Bertz CT molecular complexity index is 266. The van der Waals surface area contributed by atoms with Gasteiger partial charge in [-0.05, 0) is 52.2 Å². The van der Waals surface area contributed by atoms with Crippen molar-refractivity contribution in [1.82, 2.24) is 15.5 Å². The Morgan fingerprint density at radius 3 is 2.78 bits per heavy atom. The van der Waals surface area contributed by atoms with Crippen LogP contribution in [0.4, 0.5) is 0 Å². The van der Waals surface area contributed by atoms with Crippen LogP contribution in [0.2, 0.25) is 0 Å². The SMILES string of the molecule is CN1CCCCC1CCNCCC(=O)NC1CC1. The number of likely N-dealkylation sites (tertiary alicyclic amines) is 1. The molecule has 4 heteroatoms. The molecule has 0 aromatic rings. The van der Waals surface area contributed by atoms with E-state index < -0.39 is 0 Å². The Kier molecular flexibility index (Phi) is 5.45. The van der Waals surface area contributed by atoms with E-state index in [9.17, 15) is 4.79 Å². The van der Waals surface area contributed by atoms with Crippen LogP contribution in [0, 0.1) is 0 Å². The molecule has 0 radical (unpaired) electrons. The molecule has 18 heavy (non-hydrogen) atoms. The van der Waals surface area contributed by atoms with E-state index in [2.05, 4.69) is 22.6 Å². The largest absolute Gasteiger partial charge is 0.353 e. The lowest BCUT2D eigenvalue weighted by Gasteiger charge is -2.32. The van der Waals surface area contributed by atoms with Crippen LogP contribution in [0.15, 0.2) is 0 Å². The number of hydrogen-bond donors (Lipinski definition) is 2. The van der Waals surface area contributed by atoms with Gasteiger partial charge in [-0.1, -0.05) is 6.42 Å². The third kappa shape index (κ3) is 4.94. The van der Waals surface area contributed by atoms with Crippen LogP contribution in [-0.4, -0.2) is 49.6 Å². The molecular formula is C14H27N3O. The van der Waals surface area contributed by atoms with Gasteiger partial charge in [0.2, 0.25) is 5.91 Å². The molecule has 2 N–H and O–H groups in total. The zero-order valence-electron chi connectivity index (χ0n) is 11.6. The van der Waals surface area contributed by atoms with Gasteiger partial charge in [0, 0.05) is 25.0 Å². The van der Waals surface area contributed by atoms with Crippen LogP contribution < -0.4 is 10.6 Å². The zero-order chi connectivity index (χ0) is 12.8. The number of rotatable bonds is 7. The van der Waals surface area contributed by atoms with Crippen molar-refractivity contribution in [3.8, 4) is 0 Å². The Morgan fingerprint density at radius 1 is 1.22 bits per heavy atom. The third-order valence-electron chi connectivity index (χ3n) is 4.05.